The maximum Gasteiger partial charge on any atom is 0.393 e. The Morgan fingerprint density at radius 3 is 1.79 bits per heavy atom. The number of likely N-dealkylation sites (N-methyl/N-ethyl adjacent to an activating group) is 7. The second kappa shape index (κ2) is 39.0. The zero-order valence-electron chi connectivity index (χ0n) is 63.9. The minimum absolute atomic E-state index is 0.000631. The number of hydrogen-bond acceptors (Lipinski definition) is 13. The molecule has 7 fully saturated rings. The lowest BCUT2D eigenvalue weighted by molar-refractivity contribution is -0.182. The van der Waals surface area contributed by atoms with Crippen molar-refractivity contribution in [2.75, 3.05) is 102 Å². The first-order valence-corrected chi connectivity index (χ1v) is 39.2. The summed E-state index contributed by atoms with van der Waals surface area (Å²) in [7, 11) is 10.0. The van der Waals surface area contributed by atoms with Crippen LogP contribution in [0.3, 0.4) is 0 Å². The molecule has 3 unspecified atom stereocenters. The van der Waals surface area contributed by atoms with Crippen molar-refractivity contribution in [3.8, 4) is 0 Å². The molecule has 0 aromatic rings. The van der Waals surface area contributed by atoms with Gasteiger partial charge in [-0.05, 0) is 139 Å². The summed E-state index contributed by atoms with van der Waals surface area (Å²) in [5.74, 6) is -10.1. The van der Waals surface area contributed by atoms with E-state index in [-0.39, 0.29) is 108 Å². The van der Waals surface area contributed by atoms with Crippen LogP contribution in [-0.2, 0) is 62.3 Å². The largest absolute Gasteiger partial charge is 0.393 e. The number of nitrogens with one attached hydrogen (secondary N) is 3. The molecule has 4 saturated carbocycles. The van der Waals surface area contributed by atoms with E-state index < -0.39 is 168 Å². The molecule has 104 heavy (non-hydrogen) atoms. The highest BCUT2D eigenvalue weighted by atomic mass is 35.5. The zero-order chi connectivity index (χ0) is 76.5. The molecule has 3 aliphatic heterocycles. The van der Waals surface area contributed by atoms with E-state index in [1.807, 2.05) is 27.7 Å². The first-order valence-electron chi connectivity index (χ1n) is 38.7. The molecule has 3 N–H and O–H groups in total. The Morgan fingerprint density at radius 2 is 1.17 bits per heavy atom. The van der Waals surface area contributed by atoms with Crippen molar-refractivity contribution in [1.29, 1.82) is 0 Å². The van der Waals surface area contributed by atoms with Gasteiger partial charge in [0, 0.05) is 81.0 Å². The van der Waals surface area contributed by atoms with Crippen LogP contribution in [-0.4, -0.2) is 276 Å². The van der Waals surface area contributed by atoms with E-state index in [9.17, 15) is 41.9 Å². The van der Waals surface area contributed by atoms with Gasteiger partial charge in [0.05, 0.1) is 38.6 Å². The Balaban J connectivity index is 1.28. The summed E-state index contributed by atoms with van der Waals surface area (Å²) in [5.41, 5.74) is -1.56. The van der Waals surface area contributed by atoms with Gasteiger partial charge in [-0.15, -0.1) is 11.6 Å². The van der Waals surface area contributed by atoms with Crippen molar-refractivity contribution in [1.82, 2.24) is 60.0 Å². The molecule has 7 aliphatic rings. The summed E-state index contributed by atoms with van der Waals surface area (Å²) in [6, 6.07) is -8.81. The number of piperidine rings is 1. The molecule has 10 atom stereocenters. The van der Waals surface area contributed by atoms with Crippen LogP contribution in [0.2, 0.25) is 0 Å². The normalized spacial score (nSPS) is 29.2. The van der Waals surface area contributed by atoms with Crippen molar-refractivity contribution in [3.63, 3.8) is 0 Å². The molecule has 1 spiro atoms. The average molecular weight is 1490 g/mol. The van der Waals surface area contributed by atoms with Crippen LogP contribution in [0, 0.1) is 35.5 Å². The molecule has 588 valence electrons. The van der Waals surface area contributed by atoms with Gasteiger partial charge in [0.25, 0.3) is 0 Å². The second-order valence-electron chi connectivity index (χ2n) is 32.2. The number of carbonyl (C=O) groups is 12. The number of fused-ring (bicyclic) bond motifs is 1. The van der Waals surface area contributed by atoms with E-state index in [0.29, 0.717) is 64.5 Å². The Morgan fingerprint density at radius 1 is 0.567 bits per heavy atom. The van der Waals surface area contributed by atoms with E-state index in [0.717, 1.165) is 72.5 Å². The Bertz CT molecular complexity index is 2980. The molecule has 0 aromatic heterocycles. The zero-order valence-corrected chi connectivity index (χ0v) is 64.6. The predicted octanol–water partition coefficient (Wildman–Crippen LogP) is 6.50. The molecule has 3 saturated heterocycles. The minimum Gasteiger partial charge on any atom is -0.379 e. The molecule has 0 radical (unpaired) electrons. The van der Waals surface area contributed by atoms with Crippen molar-refractivity contribution < 1.29 is 75.4 Å². The number of likely N-dealkylation sites (tertiary alicyclic amines) is 1. The molecule has 0 bridgehead atoms. The highest BCUT2D eigenvalue weighted by Crippen LogP contribution is 2.44. The molecule has 7 rings (SSSR count). The molecule has 25 nitrogen and oxygen atoms in total. The third kappa shape index (κ3) is 22.6. The van der Waals surface area contributed by atoms with E-state index >= 15 is 28.8 Å². The molecular weight excluding hydrogens is 1370 g/mol. The summed E-state index contributed by atoms with van der Waals surface area (Å²) >= 11 is 6.42. The Kier molecular flexibility index (Phi) is 31.8. The number of rotatable bonds is 14. The van der Waals surface area contributed by atoms with E-state index in [4.69, 9.17) is 16.3 Å². The first-order chi connectivity index (χ1) is 49.1. The lowest BCUT2D eigenvalue weighted by Gasteiger charge is -2.43. The fraction of sp³-hybridized carbons (Fsp3) is 0.840. The van der Waals surface area contributed by atoms with E-state index in [1.54, 1.807) is 4.90 Å². The third-order valence-electron chi connectivity index (χ3n) is 23.4. The summed E-state index contributed by atoms with van der Waals surface area (Å²) in [6.45, 7) is 6.76. The van der Waals surface area contributed by atoms with Crippen LogP contribution >= 0.6 is 11.6 Å². The van der Waals surface area contributed by atoms with Crippen LogP contribution in [0.4, 0.5) is 13.2 Å². The van der Waals surface area contributed by atoms with Crippen molar-refractivity contribution >= 4 is 82.5 Å². The number of hydrogen-bond donors (Lipinski definition) is 3. The van der Waals surface area contributed by atoms with Gasteiger partial charge in [-0.1, -0.05) is 91.9 Å². The van der Waals surface area contributed by atoms with Crippen LogP contribution in [0.5, 0.6) is 0 Å². The quantitative estimate of drug-likeness (QED) is 0.124. The molecule has 3 heterocycles. The van der Waals surface area contributed by atoms with Gasteiger partial charge in [-0.3, -0.25) is 57.5 Å². The monoisotopic (exact) mass is 1490 g/mol. The fourth-order valence-electron chi connectivity index (χ4n) is 16.9. The third-order valence-corrected chi connectivity index (χ3v) is 23.9. The maximum atomic E-state index is 15.9. The van der Waals surface area contributed by atoms with Gasteiger partial charge in [-0.2, -0.15) is 13.2 Å². The van der Waals surface area contributed by atoms with Crippen LogP contribution < -0.4 is 16.0 Å². The van der Waals surface area contributed by atoms with Crippen molar-refractivity contribution in [2.45, 2.75) is 267 Å². The van der Waals surface area contributed by atoms with Gasteiger partial charge in [-0.25, -0.2) is 0 Å². The molecule has 4 aliphatic carbocycles. The van der Waals surface area contributed by atoms with E-state index in [1.165, 1.54) is 73.8 Å². The highest BCUT2D eigenvalue weighted by molar-refractivity contribution is 6.21. The Hall–Kier alpha value is -6.32. The molecule has 29 heteroatoms. The van der Waals surface area contributed by atoms with E-state index in [2.05, 4.69) is 16.0 Å². The number of halogens is 4. The second-order valence-corrected chi connectivity index (χ2v) is 32.8. The van der Waals surface area contributed by atoms with Crippen molar-refractivity contribution in [2.24, 2.45) is 35.5 Å². The predicted molar refractivity (Wildman–Crippen MR) is 385 cm³/mol. The SMILES string of the molecule is CC(C)CCOC[C@@H]1NC(=O)[C@H](CC(C)C)N(C)C(=O)C[C@@H](C(=O)N2CCCCC2)N(C)C(=O)[C@H](C2CCCCC2)N(C)C(=O)C2(CCCC2)NC(=O)[C@@H]2CCCN2C(=O)[C@H](CCC2CCC(C(F)(F)F)C(Cl)C2)NC(=O)CN(C)C(=O)[C@H](CC2CCCCC2)N(C)C(=O)CN(C)C(=O)CN(C)C1=O. The topological polar surface area (TPSA) is 279 Å². The number of nitrogens with zero attached hydrogens (tertiary/aromatic N) is 9. The van der Waals surface area contributed by atoms with Crippen LogP contribution in [0.1, 0.15) is 207 Å². The summed E-state index contributed by atoms with van der Waals surface area (Å²) in [4.78, 5) is 192. The summed E-state index contributed by atoms with van der Waals surface area (Å²) in [6.07, 6.45) is 7.97. The number of alkyl halides is 4. The number of amides is 12. The fourth-order valence-corrected chi connectivity index (χ4v) is 17.4. The number of carbonyl (C=O) groups excluding carboxylic acids is 12. The first kappa shape index (κ1) is 84.9. The smallest absolute Gasteiger partial charge is 0.379 e. The van der Waals surface area contributed by atoms with Crippen LogP contribution in [0.25, 0.3) is 0 Å². The number of ether oxygens (including phenoxy) is 1. The maximum absolute atomic E-state index is 15.9. The van der Waals surface area contributed by atoms with Gasteiger partial charge in [0.2, 0.25) is 70.9 Å². The Labute approximate surface area is 619 Å². The molecular formula is C75H122ClF3N12O13. The lowest BCUT2D eigenvalue weighted by atomic mass is 9.78. The van der Waals surface area contributed by atoms with Gasteiger partial charge in [0.1, 0.15) is 47.8 Å². The van der Waals surface area contributed by atoms with Gasteiger partial charge >= 0.3 is 6.18 Å². The van der Waals surface area contributed by atoms with Gasteiger partial charge < -0.3 is 64.8 Å². The van der Waals surface area contributed by atoms with Crippen LogP contribution in [0.15, 0.2) is 0 Å². The summed E-state index contributed by atoms with van der Waals surface area (Å²) < 4.78 is 48.1. The minimum atomic E-state index is -4.51. The molecule has 12 amide bonds. The van der Waals surface area contributed by atoms with Gasteiger partial charge in [0.15, 0.2) is 0 Å². The highest BCUT2D eigenvalue weighted by Gasteiger charge is 2.52. The lowest BCUT2D eigenvalue weighted by Crippen LogP contribution is -2.65. The summed E-state index contributed by atoms with van der Waals surface area (Å²) in [5, 5.41) is 7.56. The average Bonchev–Trinajstić information content (AvgIpc) is 1.56. The molecule has 0 aromatic carbocycles. The van der Waals surface area contributed by atoms with Crippen molar-refractivity contribution in [3.05, 3.63) is 0 Å². The standard InChI is InChI=1S/C75H122ClF3N12O13/c1-48(2)33-39-104-47-56-68(98)85(7)45-63(94)83(5)46-64(95)87(9)59(42-50-24-15-12-16-25-50)70(100)84(6)44-61(92)80-55(32-30-51-29-31-53(54(76)41-51)75(77,78)79)69(99)91-38-23-28-57(91)67(97)82-74(34-19-20-35-74)73(103)89(11)65(52-26-17-13-18-27-52)72(102)88(10)60(71(101)90-36-21-14-22-37-90)43-62(93)86(8)58(40-49(3)4)66(96)81-56/h48-60,65H,12-47H2,1-11H3,(H,80,92)(H,81,96)(H,82,97)/t51?,53?,54?,55-,56-,57-,58-,59-,60-,65-/m0/s1.